The molecule has 0 aliphatic heterocycles. The number of hydrogen-bond acceptors (Lipinski definition) is 1. The van der Waals surface area contributed by atoms with Gasteiger partial charge in [0.25, 0.3) is 0 Å². The van der Waals surface area contributed by atoms with Crippen LogP contribution in [-0.4, -0.2) is 13.2 Å². The smallest absolute Gasteiger partial charge is 0.0574 e. The largest absolute Gasteiger partial charge is 0.381 e. The van der Waals surface area contributed by atoms with Crippen molar-refractivity contribution in [1.29, 1.82) is 0 Å². The van der Waals surface area contributed by atoms with Gasteiger partial charge in [-0.1, -0.05) is 39.0 Å². The van der Waals surface area contributed by atoms with E-state index in [1.54, 1.807) is 0 Å². The summed E-state index contributed by atoms with van der Waals surface area (Å²) >= 11 is 0. The summed E-state index contributed by atoms with van der Waals surface area (Å²) in [6.07, 6.45) is 15.0. The molecule has 2 aliphatic rings. The Labute approximate surface area is 107 Å². The summed E-state index contributed by atoms with van der Waals surface area (Å²) in [5.74, 6) is 3.07. The molecular weight excluding hydrogens is 208 g/mol. The molecule has 0 saturated heterocycles. The van der Waals surface area contributed by atoms with Crippen LogP contribution in [0.4, 0.5) is 0 Å². The normalized spacial score (nSPS) is 39.2. The summed E-state index contributed by atoms with van der Waals surface area (Å²) in [7, 11) is 1.89. The van der Waals surface area contributed by atoms with E-state index in [1.807, 2.05) is 7.11 Å². The van der Waals surface area contributed by atoms with E-state index >= 15 is 0 Å². The standard InChI is InChI=1S/C16H30O/c1-3-5-13-8-10-14(11-9-13)15-6-4-7-16(12-15)17-2/h13-16H,3-12H2,1-2H3/t13-,14+,15-,16-/m1/s1. The van der Waals surface area contributed by atoms with Gasteiger partial charge in [-0.05, 0) is 49.9 Å². The van der Waals surface area contributed by atoms with Gasteiger partial charge >= 0.3 is 0 Å². The highest BCUT2D eigenvalue weighted by molar-refractivity contribution is 4.82. The number of rotatable bonds is 4. The van der Waals surface area contributed by atoms with E-state index in [1.165, 1.54) is 64.2 Å². The van der Waals surface area contributed by atoms with Gasteiger partial charge in [-0.25, -0.2) is 0 Å². The molecular formula is C16H30O. The van der Waals surface area contributed by atoms with Crippen molar-refractivity contribution in [3.8, 4) is 0 Å². The Balaban J connectivity index is 1.76. The fourth-order valence-electron chi connectivity index (χ4n) is 4.18. The first-order valence-electron chi connectivity index (χ1n) is 7.86. The van der Waals surface area contributed by atoms with Crippen LogP contribution in [0, 0.1) is 17.8 Å². The van der Waals surface area contributed by atoms with E-state index in [9.17, 15) is 0 Å². The molecule has 2 rings (SSSR count). The van der Waals surface area contributed by atoms with Crippen LogP contribution in [0.2, 0.25) is 0 Å². The van der Waals surface area contributed by atoms with Crippen LogP contribution in [0.15, 0.2) is 0 Å². The van der Waals surface area contributed by atoms with Crippen LogP contribution in [0.1, 0.15) is 71.1 Å². The van der Waals surface area contributed by atoms with E-state index in [0.29, 0.717) is 6.10 Å². The Morgan fingerprint density at radius 1 is 0.941 bits per heavy atom. The summed E-state index contributed by atoms with van der Waals surface area (Å²) in [4.78, 5) is 0. The molecule has 0 radical (unpaired) electrons. The van der Waals surface area contributed by atoms with Crippen LogP contribution in [0.3, 0.4) is 0 Å². The van der Waals surface area contributed by atoms with E-state index in [4.69, 9.17) is 4.74 Å². The molecule has 0 unspecified atom stereocenters. The number of ether oxygens (including phenoxy) is 1. The van der Waals surface area contributed by atoms with Crippen molar-refractivity contribution >= 4 is 0 Å². The Morgan fingerprint density at radius 2 is 1.71 bits per heavy atom. The van der Waals surface area contributed by atoms with Gasteiger partial charge in [-0.3, -0.25) is 0 Å². The van der Waals surface area contributed by atoms with Crippen molar-refractivity contribution in [2.24, 2.45) is 17.8 Å². The van der Waals surface area contributed by atoms with Crippen molar-refractivity contribution in [2.75, 3.05) is 7.11 Å². The SMILES string of the molecule is CCC[C@H]1CC[C@@H]([C@@H]2CCC[C@@H](OC)C2)CC1. The Bertz CT molecular complexity index is 206. The lowest BCUT2D eigenvalue weighted by molar-refractivity contribution is 0.0283. The van der Waals surface area contributed by atoms with Crippen molar-refractivity contribution < 1.29 is 4.74 Å². The summed E-state index contributed by atoms with van der Waals surface area (Å²) in [5.41, 5.74) is 0. The van der Waals surface area contributed by atoms with Crippen molar-refractivity contribution in [3.05, 3.63) is 0 Å². The topological polar surface area (TPSA) is 9.23 Å². The lowest BCUT2D eigenvalue weighted by Crippen LogP contribution is -2.29. The molecule has 2 fully saturated rings. The predicted molar refractivity (Wildman–Crippen MR) is 73.1 cm³/mol. The fourth-order valence-corrected chi connectivity index (χ4v) is 4.18. The minimum absolute atomic E-state index is 0.571. The van der Waals surface area contributed by atoms with E-state index < -0.39 is 0 Å². The van der Waals surface area contributed by atoms with E-state index in [0.717, 1.165) is 17.8 Å². The second-order valence-electron chi connectivity index (χ2n) is 6.35. The van der Waals surface area contributed by atoms with Crippen molar-refractivity contribution in [1.82, 2.24) is 0 Å². The highest BCUT2D eigenvalue weighted by Crippen LogP contribution is 2.41. The zero-order valence-electron chi connectivity index (χ0n) is 11.8. The molecule has 0 bridgehead atoms. The van der Waals surface area contributed by atoms with Crippen LogP contribution in [-0.2, 0) is 4.74 Å². The van der Waals surface area contributed by atoms with Gasteiger partial charge in [0.15, 0.2) is 0 Å². The Kier molecular flexibility index (Phi) is 5.34. The molecule has 2 saturated carbocycles. The van der Waals surface area contributed by atoms with Gasteiger partial charge in [-0.2, -0.15) is 0 Å². The molecule has 0 spiro atoms. The molecule has 0 amide bonds. The average Bonchev–Trinajstić information content (AvgIpc) is 2.40. The average molecular weight is 238 g/mol. The lowest BCUT2D eigenvalue weighted by Gasteiger charge is -2.38. The fraction of sp³-hybridized carbons (Fsp3) is 1.00. The summed E-state index contributed by atoms with van der Waals surface area (Å²) in [5, 5.41) is 0. The van der Waals surface area contributed by atoms with Crippen LogP contribution >= 0.6 is 0 Å². The third kappa shape index (κ3) is 3.71. The summed E-state index contributed by atoms with van der Waals surface area (Å²) in [6, 6.07) is 0. The second kappa shape index (κ2) is 6.78. The number of methoxy groups -OCH3 is 1. The van der Waals surface area contributed by atoms with E-state index in [2.05, 4.69) is 6.92 Å². The zero-order chi connectivity index (χ0) is 12.1. The van der Waals surface area contributed by atoms with Gasteiger partial charge in [0.05, 0.1) is 6.10 Å². The molecule has 0 aromatic carbocycles. The van der Waals surface area contributed by atoms with Crippen LogP contribution < -0.4 is 0 Å². The first-order chi connectivity index (χ1) is 8.33. The first-order valence-corrected chi connectivity index (χ1v) is 7.86. The Hall–Kier alpha value is -0.0400. The highest BCUT2D eigenvalue weighted by Gasteiger charge is 2.31. The maximum atomic E-state index is 5.57. The molecule has 0 aromatic rings. The van der Waals surface area contributed by atoms with Crippen molar-refractivity contribution in [3.63, 3.8) is 0 Å². The molecule has 1 heteroatoms. The predicted octanol–water partition coefficient (Wildman–Crippen LogP) is 4.80. The van der Waals surface area contributed by atoms with Gasteiger partial charge in [-0.15, -0.1) is 0 Å². The van der Waals surface area contributed by atoms with Crippen LogP contribution in [0.25, 0.3) is 0 Å². The zero-order valence-corrected chi connectivity index (χ0v) is 11.8. The van der Waals surface area contributed by atoms with Crippen LogP contribution in [0.5, 0.6) is 0 Å². The first kappa shape index (κ1) is 13.4. The maximum absolute atomic E-state index is 5.57. The third-order valence-corrected chi connectivity index (χ3v) is 5.25. The Morgan fingerprint density at radius 3 is 2.35 bits per heavy atom. The summed E-state index contributed by atoms with van der Waals surface area (Å²) in [6.45, 7) is 2.33. The molecule has 2 aliphatic carbocycles. The highest BCUT2D eigenvalue weighted by atomic mass is 16.5. The van der Waals surface area contributed by atoms with Gasteiger partial charge in [0, 0.05) is 7.11 Å². The van der Waals surface area contributed by atoms with Gasteiger partial charge in [0.1, 0.15) is 0 Å². The molecule has 0 N–H and O–H groups in total. The third-order valence-electron chi connectivity index (χ3n) is 5.25. The molecule has 17 heavy (non-hydrogen) atoms. The second-order valence-corrected chi connectivity index (χ2v) is 6.35. The quantitative estimate of drug-likeness (QED) is 0.683. The van der Waals surface area contributed by atoms with E-state index in [-0.39, 0.29) is 0 Å². The lowest BCUT2D eigenvalue weighted by atomic mass is 9.70. The minimum atomic E-state index is 0.571. The van der Waals surface area contributed by atoms with Gasteiger partial charge < -0.3 is 4.74 Å². The maximum Gasteiger partial charge on any atom is 0.0574 e. The molecule has 0 heterocycles. The molecule has 100 valence electrons. The van der Waals surface area contributed by atoms with Crippen molar-refractivity contribution in [2.45, 2.75) is 77.2 Å². The summed E-state index contributed by atoms with van der Waals surface area (Å²) < 4.78 is 5.57. The number of hydrogen-bond donors (Lipinski definition) is 0. The molecule has 0 aromatic heterocycles. The molecule has 2 atom stereocenters. The monoisotopic (exact) mass is 238 g/mol. The minimum Gasteiger partial charge on any atom is -0.381 e. The molecule has 1 nitrogen and oxygen atoms in total. The van der Waals surface area contributed by atoms with Gasteiger partial charge in [0.2, 0.25) is 0 Å².